The van der Waals surface area contributed by atoms with Crippen molar-refractivity contribution in [3.8, 4) is 0 Å². The van der Waals surface area contributed by atoms with Crippen LogP contribution in [-0.4, -0.2) is 20.5 Å². The van der Waals surface area contributed by atoms with Gasteiger partial charge in [-0.1, -0.05) is 25.0 Å². The van der Waals surface area contributed by atoms with Gasteiger partial charge >= 0.3 is 0 Å². The number of amides is 1. The molecular formula is C19H19FN4O. The lowest BCUT2D eigenvalue weighted by Gasteiger charge is -2.09. The Kier molecular flexibility index (Phi) is 4.17. The number of carbonyl (C=O) groups is 1. The minimum atomic E-state index is -0.285. The van der Waals surface area contributed by atoms with Crippen molar-refractivity contribution < 1.29 is 9.18 Å². The highest BCUT2D eigenvalue weighted by molar-refractivity contribution is 5.94. The van der Waals surface area contributed by atoms with Crippen LogP contribution in [0.4, 0.5) is 4.39 Å². The van der Waals surface area contributed by atoms with Gasteiger partial charge in [-0.05, 0) is 42.7 Å². The monoisotopic (exact) mass is 338 g/mol. The molecule has 1 aromatic carbocycles. The smallest absolute Gasteiger partial charge is 0.253 e. The molecule has 5 nitrogen and oxygen atoms in total. The molecule has 1 aliphatic carbocycles. The molecule has 25 heavy (non-hydrogen) atoms. The van der Waals surface area contributed by atoms with Crippen LogP contribution in [-0.2, 0) is 6.54 Å². The summed E-state index contributed by atoms with van der Waals surface area (Å²) in [5.41, 5.74) is 2.18. The van der Waals surface area contributed by atoms with E-state index in [1.165, 1.54) is 25.0 Å². The predicted octanol–water partition coefficient (Wildman–Crippen LogP) is 3.46. The lowest BCUT2D eigenvalue weighted by Crippen LogP contribution is -2.23. The number of hydrogen-bond acceptors (Lipinski definition) is 3. The van der Waals surface area contributed by atoms with Gasteiger partial charge in [0.05, 0.1) is 5.56 Å². The van der Waals surface area contributed by atoms with Crippen molar-refractivity contribution in [3.63, 3.8) is 0 Å². The molecule has 0 unspecified atom stereocenters. The van der Waals surface area contributed by atoms with Crippen LogP contribution in [0.5, 0.6) is 0 Å². The maximum atomic E-state index is 12.9. The van der Waals surface area contributed by atoms with E-state index in [0.29, 0.717) is 18.0 Å². The maximum absolute atomic E-state index is 12.9. The van der Waals surface area contributed by atoms with E-state index in [0.717, 1.165) is 29.9 Å². The highest BCUT2D eigenvalue weighted by Crippen LogP contribution is 2.33. The first kappa shape index (κ1) is 15.7. The van der Waals surface area contributed by atoms with E-state index >= 15 is 0 Å². The lowest BCUT2D eigenvalue weighted by molar-refractivity contribution is 0.0950. The second-order valence-electron chi connectivity index (χ2n) is 6.49. The number of halogens is 1. The second-order valence-corrected chi connectivity index (χ2v) is 6.49. The third-order valence-corrected chi connectivity index (χ3v) is 4.78. The zero-order chi connectivity index (χ0) is 17.2. The Morgan fingerprint density at radius 1 is 1.12 bits per heavy atom. The Labute approximate surface area is 144 Å². The molecule has 1 N–H and O–H groups in total. The number of nitrogens with zero attached hydrogens (tertiary/aromatic N) is 3. The van der Waals surface area contributed by atoms with Crippen LogP contribution in [0.25, 0.3) is 5.65 Å². The van der Waals surface area contributed by atoms with Crippen molar-refractivity contribution in [2.75, 3.05) is 0 Å². The highest BCUT2D eigenvalue weighted by Gasteiger charge is 2.22. The Bertz CT molecular complexity index is 897. The van der Waals surface area contributed by atoms with Crippen LogP contribution in [0.15, 0.2) is 42.6 Å². The summed E-state index contributed by atoms with van der Waals surface area (Å²) in [4.78, 5) is 12.4. The minimum Gasteiger partial charge on any atom is -0.348 e. The Balaban J connectivity index is 1.52. The quantitative estimate of drug-likeness (QED) is 0.792. The molecule has 0 aliphatic heterocycles. The van der Waals surface area contributed by atoms with Crippen molar-refractivity contribution in [1.82, 2.24) is 19.9 Å². The normalized spacial score (nSPS) is 14.9. The summed E-state index contributed by atoms with van der Waals surface area (Å²) in [6.45, 7) is 0.356. The number of aromatic nitrogens is 3. The van der Waals surface area contributed by atoms with Crippen molar-refractivity contribution in [2.24, 2.45) is 0 Å². The van der Waals surface area contributed by atoms with E-state index in [4.69, 9.17) is 0 Å². The van der Waals surface area contributed by atoms with Crippen molar-refractivity contribution in [1.29, 1.82) is 0 Å². The number of rotatable bonds is 4. The number of pyridine rings is 1. The summed E-state index contributed by atoms with van der Waals surface area (Å²) in [6, 6.07) is 9.67. The van der Waals surface area contributed by atoms with Gasteiger partial charge < -0.3 is 5.32 Å². The van der Waals surface area contributed by atoms with Gasteiger partial charge in [0, 0.05) is 18.7 Å². The van der Waals surface area contributed by atoms with Gasteiger partial charge in [-0.15, -0.1) is 10.2 Å². The molecule has 0 saturated heterocycles. The third kappa shape index (κ3) is 3.24. The molecule has 1 saturated carbocycles. The molecule has 2 heterocycles. The standard InChI is InChI=1S/C19H19FN4O/c20-16-8-5-13(6-9-16)11-21-19(25)15-7-10-17-22-23-18(24(17)12-15)14-3-1-2-4-14/h5-10,12,14H,1-4,11H2,(H,21,25). The maximum Gasteiger partial charge on any atom is 0.253 e. The third-order valence-electron chi connectivity index (χ3n) is 4.78. The van der Waals surface area contributed by atoms with Crippen LogP contribution in [0.2, 0.25) is 0 Å². The molecule has 3 aromatic rings. The van der Waals surface area contributed by atoms with Crippen LogP contribution >= 0.6 is 0 Å². The second kappa shape index (κ2) is 6.63. The van der Waals surface area contributed by atoms with E-state index in [2.05, 4.69) is 15.5 Å². The Morgan fingerprint density at radius 2 is 1.88 bits per heavy atom. The largest absolute Gasteiger partial charge is 0.348 e. The summed E-state index contributed by atoms with van der Waals surface area (Å²) >= 11 is 0. The van der Waals surface area contributed by atoms with Crippen LogP contribution < -0.4 is 5.32 Å². The van der Waals surface area contributed by atoms with Gasteiger partial charge in [0.2, 0.25) is 0 Å². The summed E-state index contributed by atoms with van der Waals surface area (Å²) in [7, 11) is 0. The molecule has 2 aromatic heterocycles. The fraction of sp³-hybridized carbons (Fsp3) is 0.316. The zero-order valence-electron chi connectivity index (χ0n) is 13.8. The van der Waals surface area contributed by atoms with Crippen LogP contribution in [0, 0.1) is 5.82 Å². The molecule has 0 atom stereocenters. The van der Waals surface area contributed by atoms with Gasteiger partial charge in [-0.3, -0.25) is 9.20 Å². The summed E-state index contributed by atoms with van der Waals surface area (Å²) in [5, 5.41) is 11.4. The first-order valence-electron chi connectivity index (χ1n) is 8.58. The molecule has 0 spiro atoms. The number of carbonyl (C=O) groups excluding carboxylic acids is 1. The van der Waals surface area contributed by atoms with Gasteiger partial charge in [0.1, 0.15) is 11.6 Å². The van der Waals surface area contributed by atoms with E-state index < -0.39 is 0 Å². The fourth-order valence-corrected chi connectivity index (χ4v) is 3.39. The fourth-order valence-electron chi connectivity index (χ4n) is 3.39. The van der Waals surface area contributed by atoms with Crippen molar-refractivity contribution >= 4 is 11.6 Å². The van der Waals surface area contributed by atoms with Gasteiger partial charge in [-0.25, -0.2) is 4.39 Å². The van der Waals surface area contributed by atoms with Gasteiger partial charge in [0.25, 0.3) is 5.91 Å². The molecule has 1 amide bonds. The molecule has 1 fully saturated rings. The highest BCUT2D eigenvalue weighted by atomic mass is 19.1. The molecule has 0 radical (unpaired) electrons. The average Bonchev–Trinajstić information content (AvgIpc) is 3.29. The van der Waals surface area contributed by atoms with Crippen molar-refractivity contribution in [3.05, 3.63) is 65.4 Å². The van der Waals surface area contributed by atoms with Crippen LogP contribution in [0.3, 0.4) is 0 Å². The predicted molar refractivity (Wildman–Crippen MR) is 91.8 cm³/mol. The van der Waals surface area contributed by atoms with E-state index in [1.807, 2.05) is 16.7 Å². The molecule has 6 heteroatoms. The number of fused-ring (bicyclic) bond motifs is 1. The topological polar surface area (TPSA) is 59.3 Å². The Hall–Kier alpha value is -2.76. The average molecular weight is 338 g/mol. The van der Waals surface area contributed by atoms with E-state index in [-0.39, 0.29) is 11.7 Å². The van der Waals surface area contributed by atoms with Gasteiger partial charge in [-0.2, -0.15) is 0 Å². The number of hydrogen-bond donors (Lipinski definition) is 1. The summed E-state index contributed by atoms with van der Waals surface area (Å²) in [6.07, 6.45) is 6.50. The molecule has 0 bridgehead atoms. The van der Waals surface area contributed by atoms with Gasteiger partial charge in [0.15, 0.2) is 5.65 Å². The first-order valence-corrected chi connectivity index (χ1v) is 8.58. The van der Waals surface area contributed by atoms with Crippen molar-refractivity contribution in [2.45, 2.75) is 38.1 Å². The number of nitrogens with one attached hydrogen (secondary N) is 1. The summed E-state index contributed by atoms with van der Waals surface area (Å²) < 4.78 is 14.9. The van der Waals surface area contributed by atoms with E-state index in [9.17, 15) is 9.18 Å². The zero-order valence-corrected chi connectivity index (χ0v) is 13.8. The number of benzene rings is 1. The summed E-state index contributed by atoms with van der Waals surface area (Å²) in [5.74, 6) is 0.915. The minimum absolute atomic E-state index is 0.169. The molecular weight excluding hydrogens is 319 g/mol. The van der Waals surface area contributed by atoms with E-state index in [1.54, 1.807) is 18.2 Å². The molecule has 128 valence electrons. The SMILES string of the molecule is O=C(NCc1ccc(F)cc1)c1ccc2nnc(C3CCCC3)n2c1. The first-order chi connectivity index (χ1) is 12.2. The van der Waals surface area contributed by atoms with Crippen LogP contribution in [0.1, 0.15) is 53.3 Å². The Morgan fingerprint density at radius 3 is 2.64 bits per heavy atom. The molecule has 1 aliphatic rings. The lowest BCUT2D eigenvalue weighted by atomic mass is 10.1. The molecule has 4 rings (SSSR count).